The Labute approximate surface area is 177 Å². The van der Waals surface area contributed by atoms with Crippen LogP contribution in [0.25, 0.3) is 0 Å². The quantitative estimate of drug-likeness (QED) is 0.615. The summed E-state index contributed by atoms with van der Waals surface area (Å²) >= 11 is 0. The summed E-state index contributed by atoms with van der Waals surface area (Å²) in [6.45, 7) is 1.61. The average Bonchev–Trinajstić information content (AvgIpc) is 2.89. The summed E-state index contributed by atoms with van der Waals surface area (Å²) in [6, 6.07) is 18.3. The van der Waals surface area contributed by atoms with Gasteiger partial charge in [-0.15, -0.1) is 0 Å². The number of hydrogen-bond donors (Lipinski definition) is 1. The van der Waals surface area contributed by atoms with Gasteiger partial charge in [0, 0.05) is 16.8 Å². The van der Waals surface area contributed by atoms with Crippen LogP contribution in [-0.4, -0.2) is 23.3 Å². The van der Waals surface area contributed by atoms with Crippen LogP contribution >= 0.6 is 0 Å². The lowest BCUT2D eigenvalue weighted by molar-refractivity contribution is -0.137. The van der Waals surface area contributed by atoms with Gasteiger partial charge < -0.3 is 10.2 Å². The van der Waals surface area contributed by atoms with Gasteiger partial charge in [-0.25, -0.2) is 0 Å². The van der Waals surface area contributed by atoms with E-state index >= 15 is 0 Å². The Morgan fingerprint density at radius 2 is 1.74 bits per heavy atom. The Morgan fingerprint density at radius 3 is 2.45 bits per heavy atom. The number of aryl methyl sites for hydroxylation is 1. The summed E-state index contributed by atoms with van der Waals surface area (Å²) < 4.78 is 39.6. The minimum atomic E-state index is -4.57. The summed E-state index contributed by atoms with van der Waals surface area (Å²) in [5.74, 6) is -1.06. The minimum absolute atomic E-state index is 0.125. The first-order valence-electron chi connectivity index (χ1n) is 9.67. The van der Waals surface area contributed by atoms with Crippen LogP contribution in [0, 0.1) is 6.92 Å². The smallest absolute Gasteiger partial charge is 0.324 e. The predicted octanol–water partition coefficient (Wildman–Crippen LogP) is 5.20. The van der Waals surface area contributed by atoms with Gasteiger partial charge in [0.1, 0.15) is 6.54 Å². The Kier molecular flexibility index (Phi) is 5.27. The van der Waals surface area contributed by atoms with Gasteiger partial charge in [-0.3, -0.25) is 9.59 Å². The lowest BCUT2D eigenvalue weighted by Gasteiger charge is -2.31. The molecular formula is C24H19F3N2O2. The van der Waals surface area contributed by atoms with E-state index in [-0.39, 0.29) is 12.1 Å². The molecule has 158 valence electrons. The molecule has 0 aromatic heterocycles. The lowest BCUT2D eigenvalue weighted by atomic mass is 9.94. The number of fused-ring (bicyclic) bond motifs is 1. The van der Waals surface area contributed by atoms with Crippen molar-refractivity contribution < 1.29 is 22.8 Å². The van der Waals surface area contributed by atoms with Gasteiger partial charge in [0.05, 0.1) is 11.6 Å². The van der Waals surface area contributed by atoms with Gasteiger partial charge in [0.2, 0.25) is 5.91 Å². The second-order valence-electron chi connectivity index (χ2n) is 7.46. The molecule has 0 spiro atoms. The largest absolute Gasteiger partial charge is 0.416 e. The molecule has 0 aliphatic carbocycles. The standard InChI is InChI=1S/C24H19F3N2O2/c1-15-10-11-20-19(12-15)22(16-6-3-2-4-7-16)29(14-21(30)28-20)23(31)17-8-5-9-18(13-17)24(25,26)27/h2-13,22H,14H2,1H3,(H,28,30)/t22-/m1/s1. The summed E-state index contributed by atoms with van der Waals surface area (Å²) in [6.07, 6.45) is -4.57. The first kappa shape index (κ1) is 20.7. The highest BCUT2D eigenvalue weighted by atomic mass is 19.4. The van der Waals surface area contributed by atoms with Crippen molar-refractivity contribution in [2.75, 3.05) is 11.9 Å². The van der Waals surface area contributed by atoms with Crippen LogP contribution < -0.4 is 5.32 Å². The maximum Gasteiger partial charge on any atom is 0.416 e. The van der Waals surface area contributed by atoms with Gasteiger partial charge in [-0.05, 0) is 36.8 Å². The molecule has 1 aliphatic rings. The van der Waals surface area contributed by atoms with Crippen LogP contribution in [0.2, 0.25) is 0 Å². The number of hydrogen-bond acceptors (Lipinski definition) is 2. The second kappa shape index (κ2) is 7.91. The summed E-state index contributed by atoms with van der Waals surface area (Å²) in [7, 11) is 0. The molecule has 2 amide bonds. The van der Waals surface area contributed by atoms with E-state index in [4.69, 9.17) is 0 Å². The number of amides is 2. The fourth-order valence-electron chi connectivity index (χ4n) is 3.80. The fraction of sp³-hybridized carbons (Fsp3) is 0.167. The molecule has 3 aromatic rings. The van der Waals surface area contributed by atoms with E-state index in [1.807, 2.05) is 49.4 Å². The highest BCUT2D eigenvalue weighted by Gasteiger charge is 2.35. The van der Waals surface area contributed by atoms with Crippen molar-refractivity contribution in [3.63, 3.8) is 0 Å². The molecule has 0 radical (unpaired) electrons. The van der Waals surface area contributed by atoms with Crippen LogP contribution in [0.1, 0.15) is 38.7 Å². The highest BCUT2D eigenvalue weighted by Crippen LogP contribution is 2.37. The average molecular weight is 424 g/mol. The Balaban J connectivity index is 1.86. The first-order chi connectivity index (χ1) is 14.7. The number of nitrogens with zero attached hydrogens (tertiary/aromatic N) is 1. The summed E-state index contributed by atoms with van der Waals surface area (Å²) in [4.78, 5) is 27.4. The van der Waals surface area contributed by atoms with Crippen molar-refractivity contribution in [1.29, 1.82) is 0 Å². The third kappa shape index (κ3) is 4.17. The third-order valence-electron chi connectivity index (χ3n) is 5.21. The van der Waals surface area contributed by atoms with Gasteiger partial charge >= 0.3 is 6.18 Å². The van der Waals surface area contributed by atoms with Crippen LogP contribution in [0.5, 0.6) is 0 Å². The predicted molar refractivity (Wildman–Crippen MR) is 111 cm³/mol. The van der Waals surface area contributed by atoms with Crippen molar-refractivity contribution in [3.05, 3.63) is 101 Å². The molecule has 4 rings (SSSR count). The second-order valence-corrected chi connectivity index (χ2v) is 7.46. The topological polar surface area (TPSA) is 49.4 Å². The first-order valence-corrected chi connectivity index (χ1v) is 9.67. The molecule has 7 heteroatoms. The van der Waals surface area contributed by atoms with E-state index in [9.17, 15) is 22.8 Å². The molecule has 0 bridgehead atoms. The monoisotopic (exact) mass is 424 g/mol. The normalized spacial score (nSPS) is 16.3. The number of anilines is 1. The highest BCUT2D eigenvalue weighted by molar-refractivity contribution is 6.01. The zero-order valence-corrected chi connectivity index (χ0v) is 16.6. The van der Waals surface area contributed by atoms with E-state index < -0.39 is 29.6 Å². The van der Waals surface area contributed by atoms with Crippen molar-refractivity contribution >= 4 is 17.5 Å². The van der Waals surface area contributed by atoms with Crippen molar-refractivity contribution in [2.45, 2.75) is 19.1 Å². The Hall–Kier alpha value is -3.61. The molecule has 0 fully saturated rings. The number of rotatable bonds is 2. The molecule has 0 saturated heterocycles. The number of benzene rings is 3. The zero-order chi connectivity index (χ0) is 22.2. The van der Waals surface area contributed by atoms with E-state index in [0.717, 1.165) is 23.3 Å². The van der Waals surface area contributed by atoms with Crippen LogP contribution in [0.3, 0.4) is 0 Å². The molecule has 4 nitrogen and oxygen atoms in total. The number of carbonyl (C=O) groups excluding carboxylic acids is 2. The fourth-order valence-corrected chi connectivity index (χ4v) is 3.80. The van der Waals surface area contributed by atoms with Gasteiger partial charge in [0.25, 0.3) is 5.91 Å². The number of alkyl halides is 3. The maximum absolute atomic E-state index is 13.4. The molecule has 1 N–H and O–H groups in total. The molecule has 1 aliphatic heterocycles. The van der Waals surface area contributed by atoms with Crippen molar-refractivity contribution in [1.82, 2.24) is 4.90 Å². The van der Waals surface area contributed by atoms with Crippen molar-refractivity contribution in [3.8, 4) is 0 Å². The van der Waals surface area contributed by atoms with Crippen LogP contribution in [-0.2, 0) is 11.0 Å². The molecule has 31 heavy (non-hydrogen) atoms. The summed E-state index contributed by atoms with van der Waals surface area (Å²) in [5.41, 5.74) is 1.93. The SMILES string of the molecule is Cc1ccc2c(c1)[C@@H](c1ccccc1)N(C(=O)c1cccc(C(F)(F)F)c1)CC(=O)N2. The molecule has 1 heterocycles. The van der Waals surface area contributed by atoms with E-state index in [1.165, 1.54) is 17.0 Å². The third-order valence-corrected chi connectivity index (χ3v) is 5.21. The number of halogens is 3. The number of carbonyl (C=O) groups is 2. The molecule has 0 saturated carbocycles. The van der Waals surface area contributed by atoms with Gasteiger partial charge in [-0.1, -0.05) is 54.1 Å². The van der Waals surface area contributed by atoms with Crippen LogP contribution in [0.4, 0.5) is 18.9 Å². The van der Waals surface area contributed by atoms with E-state index in [2.05, 4.69) is 5.32 Å². The molecular weight excluding hydrogens is 405 g/mol. The lowest BCUT2D eigenvalue weighted by Crippen LogP contribution is -2.39. The Morgan fingerprint density at radius 1 is 1.00 bits per heavy atom. The van der Waals surface area contributed by atoms with Gasteiger partial charge in [-0.2, -0.15) is 13.2 Å². The van der Waals surface area contributed by atoms with Crippen LogP contribution in [0.15, 0.2) is 72.8 Å². The minimum Gasteiger partial charge on any atom is -0.324 e. The van der Waals surface area contributed by atoms with Gasteiger partial charge in [0.15, 0.2) is 0 Å². The van der Waals surface area contributed by atoms with E-state index in [0.29, 0.717) is 11.3 Å². The molecule has 0 unspecified atom stereocenters. The van der Waals surface area contributed by atoms with Crippen molar-refractivity contribution in [2.24, 2.45) is 0 Å². The Bertz CT molecular complexity index is 1140. The summed E-state index contributed by atoms with van der Waals surface area (Å²) in [5, 5.41) is 2.81. The molecule has 3 aromatic carbocycles. The maximum atomic E-state index is 13.4. The number of nitrogens with one attached hydrogen (secondary N) is 1. The zero-order valence-electron chi connectivity index (χ0n) is 16.6. The van der Waals surface area contributed by atoms with E-state index in [1.54, 1.807) is 6.07 Å². The molecule has 1 atom stereocenters.